The van der Waals surface area contributed by atoms with Gasteiger partial charge in [0.15, 0.2) is 5.88 Å². The van der Waals surface area contributed by atoms with Crippen LogP contribution in [0, 0.1) is 10.8 Å². The van der Waals surface area contributed by atoms with Crippen LogP contribution < -0.4 is 10.6 Å². The maximum Gasteiger partial charge on any atom is 0.192 e. The molecule has 0 amide bonds. The van der Waals surface area contributed by atoms with Gasteiger partial charge in [-0.3, -0.25) is 0 Å². The topological polar surface area (TPSA) is 37.2 Å². The van der Waals surface area contributed by atoms with Crippen molar-refractivity contribution in [3.8, 4) is 0 Å². The zero-order chi connectivity index (χ0) is 16.2. The first-order chi connectivity index (χ1) is 10.2. The van der Waals surface area contributed by atoms with Crippen molar-refractivity contribution < 1.29 is 4.42 Å². The lowest BCUT2D eigenvalue weighted by Crippen LogP contribution is -2.25. The summed E-state index contributed by atoms with van der Waals surface area (Å²) in [6, 6.07) is 6.31. The van der Waals surface area contributed by atoms with Crippen LogP contribution in [0.5, 0.6) is 0 Å². The Morgan fingerprint density at radius 1 is 1.09 bits per heavy atom. The Morgan fingerprint density at radius 3 is 2.50 bits per heavy atom. The molecule has 2 heterocycles. The number of nitrogens with one attached hydrogen (secondary N) is 2. The van der Waals surface area contributed by atoms with Gasteiger partial charge in [0.1, 0.15) is 0 Å². The highest BCUT2D eigenvalue weighted by molar-refractivity contribution is 7.14. The number of hydrogen-bond donors (Lipinski definition) is 2. The second-order valence-corrected chi connectivity index (χ2v) is 8.85. The molecule has 0 saturated heterocycles. The Balaban J connectivity index is 1.85. The van der Waals surface area contributed by atoms with E-state index in [1.807, 2.05) is 6.26 Å². The fourth-order valence-corrected chi connectivity index (χ4v) is 2.85. The van der Waals surface area contributed by atoms with Gasteiger partial charge in [-0.25, -0.2) is 0 Å². The SMILES string of the molecule is CC(C)(C)CNc1cc(CC(C)(C)CNc2cccs2)co1. The molecular weight excluding hydrogens is 292 g/mol. The van der Waals surface area contributed by atoms with Gasteiger partial charge in [-0.1, -0.05) is 34.6 Å². The van der Waals surface area contributed by atoms with Gasteiger partial charge in [-0.05, 0) is 40.3 Å². The van der Waals surface area contributed by atoms with Gasteiger partial charge in [0, 0.05) is 19.2 Å². The van der Waals surface area contributed by atoms with Crippen molar-refractivity contribution in [1.82, 2.24) is 0 Å². The van der Waals surface area contributed by atoms with Gasteiger partial charge < -0.3 is 15.1 Å². The lowest BCUT2D eigenvalue weighted by Gasteiger charge is -2.24. The first-order valence-electron chi connectivity index (χ1n) is 7.82. The summed E-state index contributed by atoms with van der Waals surface area (Å²) in [4.78, 5) is 0. The second kappa shape index (κ2) is 6.78. The van der Waals surface area contributed by atoms with Crippen LogP contribution in [-0.2, 0) is 6.42 Å². The van der Waals surface area contributed by atoms with Crippen LogP contribution >= 0.6 is 11.3 Å². The predicted octanol–water partition coefficient (Wildman–Crippen LogP) is 5.48. The first-order valence-corrected chi connectivity index (χ1v) is 8.70. The van der Waals surface area contributed by atoms with E-state index in [2.05, 4.69) is 68.8 Å². The van der Waals surface area contributed by atoms with Crippen molar-refractivity contribution in [1.29, 1.82) is 0 Å². The van der Waals surface area contributed by atoms with E-state index < -0.39 is 0 Å². The quantitative estimate of drug-likeness (QED) is 0.709. The van der Waals surface area contributed by atoms with Gasteiger partial charge in [0.2, 0.25) is 0 Å². The Labute approximate surface area is 138 Å². The third-order valence-electron chi connectivity index (χ3n) is 3.39. The Hall–Kier alpha value is -1.42. The first kappa shape index (κ1) is 16.9. The Bertz CT molecular complexity index is 564. The van der Waals surface area contributed by atoms with Gasteiger partial charge in [-0.2, -0.15) is 0 Å². The maximum atomic E-state index is 5.63. The molecule has 0 aliphatic carbocycles. The van der Waals surface area contributed by atoms with E-state index in [1.165, 1.54) is 10.6 Å². The lowest BCUT2D eigenvalue weighted by atomic mass is 9.86. The van der Waals surface area contributed by atoms with E-state index >= 15 is 0 Å². The van der Waals surface area contributed by atoms with Crippen LogP contribution in [0.4, 0.5) is 10.9 Å². The molecule has 0 atom stereocenters. The third-order valence-corrected chi connectivity index (χ3v) is 4.22. The highest BCUT2D eigenvalue weighted by Crippen LogP contribution is 2.27. The molecule has 2 aromatic rings. The molecule has 3 nitrogen and oxygen atoms in total. The maximum absolute atomic E-state index is 5.63. The van der Waals surface area contributed by atoms with Crippen molar-refractivity contribution in [2.24, 2.45) is 10.8 Å². The van der Waals surface area contributed by atoms with E-state index in [1.54, 1.807) is 11.3 Å². The number of hydrogen-bond acceptors (Lipinski definition) is 4. The summed E-state index contributed by atoms with van der Waals surface area (Å²) >= 11 is 1.74. The van der Waals surface area contributed by atoms with Crippen molar-refractivity contribution in [3.63, 3.8) is 0 Å². The molecule has 0 aliphatic rings. The fourth-order valence-electron chi connectivity index (χ4n) is 2.23. The average molecular weight is 321 g/mol. The molecule has 0 fully saturated rings. The minimum absolute atomic E-state index is 0.176. The monoisotopic (exact) mass is 320 g/mol. The van der Waals surface area contributed by atoms with Crippen molar-refractivity contribution in [2.45, 2.75) is 41.0 Å². The van der Waals surface area contributed by atoms with Crippen molar-refractivity contribution >= 4 is 22.2 Å². The molecule has 2 aromatic heterocycles. The summed E-state index contributed by atoms with van der Waals surface area (Å²) in [6.45, 7) is 13.0. The van der Waals surface area contributed by atoms with Crippen LogP contribution in [0.25, 0.3) is 0 Å². The summed E-state index contributed by atoms with van der Waals surface area (Å²) in [5.74, 6) is 0.868. The molecule has 122 valence electrons. The molecule has 0 aliphatic heterocycles. The molecule has 0 bridgehead atoms. The third kappa shape index (κ3) is 5.76. The molecule has 2 rings (SSSR count). The molecule has 0 aromatic carbocycles. The van der Waals surface area contributed by atoms with Crippen LogP contribution in [0.15, 0.2) is 34.3 Å². The number of thiophene rings is 1. The van der Waals surface area contributed by atoms with Crippen molar-refractivity contribution in [3.05, 3.63) is 35.4 Å². The van der Waals surface area contributed by atoms with Gasteiger partial charge in [-0.15, -0.1) is 11.3 Å². The fraction of sp³-hybridized carbons (Fsp3) is 0.556. The summed E-state index contributed by atoms with van der Waals surface area (Å²) in [5.41, 5.74) is 1.67. The smallest absolute Gasteiger partial charge is 0.192 e. The normalized spacial score (nSPS) is 12.4. The zero-order valence-electron chi connectivity index (χ0n) is 14.3. The standard InChI is InChI=1S/C18H28N2OS/c1-17(2,3)12-19-15-9-14(11-21-15)10-18(4,5)13-20-16-7-6-8-22-16/h6-9,11,19-20H,10,12-13H2,1-5H3. The number of rotatable bonds is 7. The molecule has 0 saturated carbocycles. The molecule has 0 radical (unpaired) electrons. The number of furan rings is 1. The highest BCUT2D eigenvalue weighted by Gasteiger charge is 2.20. The molecule has 22 heavy (non-hydrogen) atoms. The molecule has 4 heteroatoms. The summed E-state index contributed by atoms with van der Waals surface area (Å²) in [7, 11) is 0. The van der Waals surface area contributed by atoms with Crippen LogP contribution in [0.3, 0.4) is 0 Å². The van der Waals surface area contributed by atoms with E-state index in [4.69, 9.17) is 4.42 Å². The average Bonchev–Trinajstić information content (AvgIpc) is 3.04. The lowest BCUT2D eigenvalue weighted by molar-refractivity contribution is 0.387. The Kier molecular flexibility index (Phi) is 5.22. The van der Waals surface area contributed by atoms with Crippen molar-refractivity contribution in [2.75, 3.05) is 23.7 Å². The minimum Gasteiger partial charge on any atom is -0.449 e. The summed E-state index contributed by atoms with van der Waals surface area (Å²) in [6.07, 6.45) is 2.87. The largest absolute Gasteiger partial charge is 0.449 e. The van der Waals surface area contributed by atoms with E-state index in [0.717, 1.165) is 25.4 Å². The van der Waals surface area contributed by atoms with Crippen LogP contribution in [-0.4, -0.2) is 13.1 Å². The molecular formula is C18H28N2OS. The Morgan fingerprint density at radius 2 is 1.86 bits per heavy atom. The summed E-state index contributed by atoms with van der Waals surface area (Å²) in [5, 5.41) is 10.2. The highest BCUT2D eigenvalue weighted by atomic mass is 32.1. The summed E-state index contributed by atoms with van der Waals surface area (Å²) < 4.78 is 5.63. The minimum atomic E-state index is 0.176. The van der Waals surface area contributed by atoms with Gasteiger partial charge >= 0.3 is 0 Å². The van der Waals surface area contributed by atoms with E-state index in [-0.39, 0.29) is 10.8 Å². The van der Waals surface area contributed by atoms with Crippen LogP contribution in [0.1, 0.15) is 40.2 Å². The number of anilines is 2. The van der Waals surface area contributed by atoms with E-state index in [9.17, 15) is 0 Å². The van der Waals surface area contributed by atoms with Gasteiger partial charge in [0.25, 0.3) is 0 Å². The van der Waals surface area contributed by atoms with Crippen LogP contribution in [0.2, 0.25) is 0 Å². The zero-order valence-corrected chi connectivity index (χ0v) is 15.1. The molecule has 0 spiro atoms. The van der Waals surface area contributed by atoms with E-state index in [0.29, 0.717) is 0 Å². The second-order valence-electron chi connectivity index (χ2n) is 7.91. The molecule has 0 unspecified atom stereocenters. The molecule has 2 N–H and O–H groups in total. The predicted molar refractivity (Wildman–Crippen MR) is 96.9 cm³/mol. The van der Waals surface area contributed by atoms with Gasteiger partial charge in [0.05, 0.1) is 11.3 Å².